The molecule has 1 fully saturated rings. The molecular weight excluding hydrogens is 544 g/mol. The van der Waals surface area contributed by atoms with E-state index in [1.165, 1.54) is 18.2 Å². The summed E-state index contributed by atoms with van der Waals surface area (Å²) in [5.41, 5.74) is 2.86. The number of H-pyrrole nitrogens is 1. The van der Waals surface area contributed by atoms with Crippen LogP contribution in [0.15, 0.2) is 48.5 Å². The van der Waals surface area contributed by atoms with Crippen LogP contribution in [0.4, 0.5) is 10.3 Å². The number of aliphatic hydroxyl groups excluding tert-OH is 1. The van der Waals surface area contributed by atoms with Gasteiger partial charge in [0.1, 0.15) is 29.5 Å². The van der Waals surface area contributed by atoms with E-state index in [1.54, 1.807) is 18.2 Å². The van der Waals surface area contributed by atoms with E-state index in [0.717, 1.165) is 36.7 Å². The second kappa shape index (κ2) is 10.5. The third-order valence-electron chi connectivity index (χ3n) is 6.94. The summed E-state index contributed by atoms with van der Waals surface area (Å²) in [6, 6.07) is 13.2. The number of benzene rings is 3. The number of rotatable bonds is 7. The number of aromatic nitrogens is 4. The Morgan fingerprint density at radius 3 is 2.72 bits per heavy atom. The van der Waals surface area contributed by atoms with Crippen LogP contribution in [0.25, 0.3) is 33.5 Å². The van der Waals surface area contributed by atoms with E-state index in [0.29, 0.717) is 28.3 Å². The monoisotopic (exact) mass is 567 g/mol. The molecule has 1 amide bonds. The number of carbonyl (C=O) groups excluding carboxylic acids is 1. The molecule has 200 valence electrons. The van der Waals surface area contributed by atoms with Crippen molar-refractivity contribution in [3.63, 3.8) is 0 Å². The first-order valence-corrected chi connectivity index (χ1v) is 13.4. The van der Waals surface area contributed by atoms with Gasteiger partial charge in [0.25, 0.3) is 5.91 Å². The van der Waals surface area contributed by atoms with Gasteiger partial charge >= 0.3 is 0 Å². The first kappa shape index (κ1) is 25.6. The van der Waals surface area contributed by atoms with Gasteiger partial charge in [-0.05, 0) is 49.2 Å². The van der Waals surface area contributed by atoms with Gasteiger partial charge in [-0.2, -0.15) is 0 Å². The Bertz CT molecular complexity index is 1690. The zero-order valence-electron chi connectivity index (χ0n) is 20.7. The lowest BCUT2D eigenvalue weighted by Gasteiger charge is -2.17. The van der Waals surface area contributed by atoms with Crippen LogP contribution >= 0.6 is 23.2 Å². The standard InChI is InChI=1S/C28H24Cl2FN5O3/c29-18-6-3-7-20(31)24(18)26-32-22-13-15(12-19(30)25(22)34-26)27(38)35-28-33-21-9-8-17(39-11-10-37)14-23(21)36(28)16-4-1-2-5-16/h3,6-9,12-14,16,37H,1-2,4-5,10-11H2,(H,32,34)(H,33,35,38). The highest BCUT2D eigenvalue weighted by atomic mass is 35.5. The average molecular weight is 568 g/mol. The summed E-state index contributed by atoms with van der Waals surface area (Å²) in [5.74, 6) is 0.350. The Labute approximate surface area is 232 Å². The summed E-state index contributed by atoms with van der Waals surface area (Å²) in [4.78, 5) is 25.6. The van der Waals surface area contributed by atoms with Crippen molar-refractivity contribution in [2.24, 2.45) is 0 Å². The molecule has 0 radical (unpaired) electrons. The van der Waals surface area contributed by atoms with Crippen molar-refractivity contribution in [1.29, 1.82) is 0 Å². The fraction of sp³-hybridized carbons (Fsp3) is 0.250. The van der Waals surface area contributed by atoms with Crippen molar-refractivity contribution in [1.82, 2.24) is 19.5 Å². The van der Waals surface area contributed by atoms with Gasteiger partial charge in [0.15, 0.2) is 0 Å². The lowest BCUT2D eigenvalue weighted by atomic mass is 10.2. The van der Waals surface area contributed by atoms with Gasteiger partial charge in [0.2, 0.25) is 5.95 Å². The lowest BCUT2D eigenvalue weighted by Crippen LogP contribution is -2.17. The number of imidazole rings is 2. The summed E-state index contributed by atoms with van der Waals surface area (Å²) in [5, 5.41) is 12.5. The maximum atomic E-state index is 14.5. The molecule has 11 heteroatoms. The maximum absolute atomic E-state index is 14.5. The molecule has 0 bridgehead atoms. The molecule has 5 aromatic rings. The molecule has 0 atom stereocenters. The summed E-state index contributed by atoms with van der Waals surface area (Å²) < 4.78 is 22.2. The molecule has 1 aliphatic carbocycles. The highest BCUT2D eigenvalue weighted by Crippen LogP contribution is 2.37. The highest BCUT2D eigenvalue weighted by molar-refractivity contribution is 6.36. The van der Waals surface area contributed by atoms with E-state index in [9.17, 15) is 9.18 Å². The number of hydrogen-bond donors (Lipinski definition) is 3. The molecule has 0 unspecified atom stereocenters. The number of aromatic amines is 1. The van der Waals surface area contributed by atoms with Crippen LogP contribution in [0, 0.1) is 5.82 Å². The normalized spacial score (nSPS) is 13.9. The molecule has 8 nitrogen and oxygen atoms in total. The summed E-state index contributed by atoms with van der Waals surface area (Å²) >= 11 is 12.7. The molecule has 3 N–H and O–H groups in total. The predicted octanol–water partition coefficient (Wildman–Crippen LogP) is 6.76. The Kier molecular flexibility index (Phi) is 6.88. The topological polar surface area (TPSA) is 105 Å². The number of nitrogens with zero attached hydrogens (tertiary/aromatic N) is 3. The van der Waals surface area contributed by atoms with Gasteiger partial charge in [-0.3, -0.25) is 10.1 Å². The second-order valence-corrected chi connectivity index (χ2v) is 10.3. The minimum absolute atomic E-state index is 0.0840. The van der Waals surface area contributed by atoms with Gasteiger partial charge in [-0.25, -0.2) is 14.4 Å². The van der Waals surface area contributed by atoms with Gasteiger partial charge in [0.05, 0.1) is 38.8 Å². The van der Waals surface area contributed by atoms with Crippen LogP contribution in [-0.4, -0.2) is 43.7 Å². The number of nitrogens with one attached hydrogen (secondary N) is 2. The lowest BCUT2D eigenvalue weighted by molar-refractivity contribution is 0.102. The molecule has 39 heavy (non-hydrogen) atoms. The molecule has 0 spiro atoms. The largest absolute Gasteiger partial charge is 0.491 e. The molecule has 1 aliphatic rings. The van der Waals surface area contributed by atoms with Crippen molar-refractivity contribution in [3.8, 4) is 17.1 Å². The molecule has 6 rings (SSSR count). The van der Waals surface area contributed by atoms with E-state index in [4.69, 9.17) is 38.0 Å². The van der Waals surface area contributed by atoms with E-state index >= 15 is 0 Å². The Morgan fingerprint density at radius 1 is 1.13 bits per heavy atom. The number of halogens is 3. The van der Waals surface area contributed by atoms with Gasteiger partial charge in [-0.15, -0.1) is 0 Å². The zero-order valence-corrected chi connectivity index (χ0v) is 22.2. The predicted molar refractivity (Wildman–Crippen MR) is 149 cm³/mol. The molecule has 3 aromatic carbocycles. The van der Waals surface area contributed by atoms with Crippen LogP contribution in [-0.2, 0) is 0 Å². The van der Waals surface area contributed by atoms with Crippen molar-refractivity contribution in [2.75, 3.05) is 18.5 Å². The highest BCUT2D eigenvalue weighted by Gasteiger charge is 2.25. The van der Waals surface area contributed by atoms with Crippen LogP contribution in [0.5, 0.6) is 5.75 Å². The fourth-order valence-electron chi connectivity index (χ4n) is 5.17. The Hall–Kier alpha value is -3.66. The Balaban J connectivity index is 1.36. The average Bonchev–Trinajstić information content (AvgIpc) is 3.65. The summed E-state index contributed by atoms with van der Waals surface area (Å²) in [7, 11) is 0. The fourth-order valence-corrected chi connectivity index (χ4v) is 5.68. The molecule has 1 saturated carbocycles. The van der Waals surface area contributed by atoms with E-state index < -0.39 is 11.7 Å². The quantitative estimate of drug-likeness (QED) is 0.201. The van der Waals surface area contributed by atoms with Gasteiger partial charge in [-0.1, -0.05) is 42.1 Å². The van der Waals surface area contributed by atoms with Gasteiger partial charge in [0, 0.05) is 17.7 Å². The smallest absolute Gasteiger partial charge is 0.258 e. The first-order chi connectivity index (χ1) is 18.9. The minimum Gasteiger partial charge on any atom is -0.491 e. The van der Waals surface area contributed by atoms with E-state index in [1.807, 2.05) is 12.1 Å². The molecular formula is C28H24Cl2FN5O3. The molecule has 0 aliphatic heterocycles. The first-order valence-electron chi connectivity index (χ1n) is 12.6. The van der Waals surface area contributed by atoms with Crippen molar-refractivity contribution < 1.29 is 19.0 Å². The number of carbonyl (C=O) groups is 1. The van der Waals surface area contributed by atoms with Crippen molar-refractivity contribution >= 4 is 57.1 Å². The minimum atomic E-state index is -0.522. The number of aliphatic hydroxyl groups is 1. The van der Waals surface area contributed by atoms with Crippen LogP contribution in [0.3, 0.4) is 0 Å². The SMILES string of the molecule is O=C(Nc1nc2ccc(OCCO)cc2n1C1CCCC1)c1cc(Cl)c2nc(-c3c(F)cccc3Cl)[nH]c2c1. The number of fused-ring (bicyclic) bond motifs is 2. The summed E-state index contributed by atoms with van der Waals surface area (Å²) in [6.45, 7) is 0.105. The van der Waals surface area contributed by atoms with E-state index in [-0.39, 0.29) is 40.7 Å². The van der Waals surface area contributed by atoms with Crippen molar-refractivity contribution in [3.05, 3.63) is 70.0 Å². The third-order valence-corrected chi connectivity index (χ3v) is 7.54. The zero-order chi connectivity index (χ0) is 27.1. The Morgan fingerprint density at radius 2 is 1.95 bits per heavy atom. The number of anilines is 1. The van der Waals surface area contributed by atoms with Crippen LogP contribution < -0.4 is 10.1 Å². The molecule has 0 saturated heterocycles. The van der Waals surface area contributed by atoms with Crippen LogP contribution in [0.2, 0.25) is 10.0 Å². The number of hydrogen-bond acceptors (Lipinski definition) is 5. The summed E-state index contributed by atoms with van der Waals surface area (Å²) in [6.07, 6.45) is 4.14. The van der Waals surface area contributed by atoms with Crippen molar-refractivity contribution in [2.45, 2.75) is 31.7 Å². The third kappa shape index (κ3) is 4.82. The van der Waals surface area contributed by atoms with E-state index in [2.05, 4.69) is 19.9 Å². The van der Waals surface area contributed by atoms with Crippen LogP contribution in [0.1, 0.15) is 42.1 Å². The number of amides is 1. The number of ether oxygens (including phenoxy) is 1. The second-order valence-electron chi connectivity index (χ2n) is 9.46. The molecule has 2 heterocycles. The van der Waals surface area contributed by atoms with Gasteiger partial charge < -0.3 is 19.4 Å². The maximum Gasteiger partial charge on any atom is 0.258 e. The molecule has 2 aromatic heterocycles.